The number of nitrogens with one attached hydrogen (secondary N) is 1. The molecule has 0 spiro atoms. The lowest BCUT2D eigenvalue weighted by Gasteiger charge is -2.18. The van der Waals surface area contributed by atoms with Crippen LogP contribution >= 0.6 is 11.6 Å². The van der Waals surface area contributed by atoms with E-state index in [1.54, 1.807) is 6.92 Å². The maximum absolute atomic E-state index is 13.5. The number of rotatable bonds is 6. The van der Waals surface area contributed by atoms with Gasteiger partial charge in [-0.2, -0.15) is 0 Å². The van der Waals surface area contributed by atoms with Crippen LogP contribution in [0.15, 0.2) is 18.2 Å². The summed E-state index contributed by atoms with van der Waals surface area (Å²) in [5.74, 6) is -0.816. The summed E-state index contributed by atoms with van der Waals surface area (Å²) in [6.45, 7) is 3.99. The third-order valence-corrected chi connectivity index (χ3v) is 2.64. The molecule has 3 nitrogen and oxygen atoms in total. The molecule has 1 aromatic rings. The van der Waals surface area contributed by atoms with Crippen LogP contribution in [0.5, 0.6) is 0 Å². The summed E-state index contributed by atoms with van der Waals surface area (Å²) in [6.07, 6.45) is 1.36. The maximum atomic E-state index is 13.5. The molecule has 0 aromatic heterocycles. The second-order valence-electron chi connectivity index (χ2n) is 3.86. The van der Waals surface area contributed by atoms with Gasteiger partial charge in [0.1, 0.15) is 11.9 Å². The number of esters is 1. The number of benzene rings is 1. The summed E-state index contributed by atoms with van der Waals surface area (Å²) >= 11 is 5.80. The summed E-state index contributed by atoms with van der Waals surface area (Å²) in [4.78, 5) is 11.7. The molecule has 0 aliphatic rings. The van der Waals surface area contributed by atoms with Crippen LogP contribution in [0.1, 0.15) is 26.7 Å². The summed E-state index contributed by atoms with van der Waals surface area (Å²) in [5.41, 5.74) is 0.217. The van der Waals surface area contributed by atoms with Crippen molar-refractivity contribution in [2.75, 3.05) is 11.9 Å². The molecule has 0 heterocycles. The fraction of sp³-hybridized carbons (Fsp3) is 0.462. The zero-order valence-electron chi connectivity index (χ0n) is 10.5. The zero-order chi connectivity index (χ0) is 13.5. The van der Waals surface area contributed by atoms with Gasteiger partial charge in [-0.25, -0.2) is 9.18 Å². The van der Waals surface area contributed by atoms with Crippen molar-refractivity contribution in [1.82, 2.24) is 0 Å². The van der Waals surface area contributed by atoms with E-state index < -0.39 is 11.9 Å². The van der Waals surface area contributed by atoms with E-state index in [9.17, 15) is 9.18 Å². The smallest absolute Gasteiger partial charge is 0.328 e. The van der Waals surface area contributed by atoms with E-state index in [1.807, 2.05) is 6.92 Å². The Kier molecular flexibility index (Phi) is 5.92. The first-order valence-electron chi connectivity index (χ1n) is 5.96. The first-order chi connectivity index (χ1) is 8.58. The largest absolute Gasteiger partial charge is 0.464 e. The first kappa shape index (κ1) is 14.8. The minimum Gasteiger partial charge on any atom is -0.464 e. The Morgan fingerprint density at radius 2 is 2.22 bits per heavy atom. The van der Waals surface area contributed by atoms with E-state index in [0.717, 1.165) is 6.42 Å². The van der Waals surface area contributed by atoms with Crippen molar-refractivity contribution in [3.63, 3.8) is 0 Å². The van der Waals surface area contributed by atoms with Crippen molar-refractivity contribution in [2.45, 2.75) is 32.7 Å². The fourth-order valence-electron chi connectivity index (χ4n) is 1.58. The minimum absolute atomic E-state index is 0.217. The number of hydrogen-bond acceptors (Lipinski definition) is 3. The Morgan fingerprint density at radius 3 is 2.83 bits per heavy atom. The number of carbonyl (C=O) groups is 1. The molecule has 0 radical (unpaired) electrons. The second-order valence-corrected chi connectivity index (χ2v) is 4.30. The highest BCUT2D eigenvalue weighted by atomic mass is 35.5. The number of hydrogen-bond donors (Lipinski definition) is 1. The van der Waals surface area contributed by atoms with Crippen LogP contribution < -0.4 is 5.32 Å². The Labute approximate surface area is 111 Å². The normalized spacial score (nSPS) is 12.0. The number of ether oxygens (including phenoxy) is 1. The highest BCUT2D eigenvalue weighted by molar-refractivity contribution is 6.30. The van der Waals surface area contributed by atoms with Crippen LogP contribution in [0.25, 0.3) is 0 Å². The van der Waals surface area contributed by atoms with Crippen molar-refractivity contribution in [2.24, 2.45) is 0 Å². The van der Waals surface area contributed by atoms with Crippen LogP contribution in [-0.2, 0) is 9.53 Å². The molecule has 0 aliphatic carbocycles. The van der Waals surface area contributed by atoms with Gasteiger partial charge in [0, 0.05) is 5.02 Å². The Balaban J connectivity index is 2.82. The van der Waals surface area contributed by atoms with Crippen LogP contribution in [0.4, 0.5) is 10.1 Å². The summed E-state index contributed by atoms with van der Waals surface area (Å²) in [7, 11) is 0. The van der Waals surface area contributed by atoms with Gasteiger partial charge in [-0.05, 0) is 31.5 Å². The van der Waals surface area contributed by atoms with Crippen molar-refractivity contribution in [3.05, 3.63) is 29.0 Å². The molecule has 100 valence electrons. The average molecular weight is 274 g/mol. The molecule has 0 amide bonds. The summed E-state index contributed by atoms with van der Waals surface area (Å²) < 4.78 is 18.5. The van der Waals surface area contributed by atoms with Gasteiger partial charge >= 0.3 is 5.97 Å². The zero-order valence-corrected chi connectivity index (χ0v) is 11.3. The van der Waals surface area contributed by atoms with E-state index in [1.165, 1.54) is 18.2 Å². The minimum atomic E-state index is -0.553. The highest BCUT2D eigenvalue weighted by Crippen LogP contribution is 2.21. The van der Waals surface area contributed by atoms with Crippen molar-refractivity contribution < 1.29 is 13.9 Å². The first-order valence-corrected chi connectivity index (χ1v) is 6.34. The van der Waals surface area contributed by atoms with Gasteiger partial charge in [0.05, 0.1) is 12.3 Å². The lowest BCUT2D eigenvalue weighted by Crippen LogP contribution is -2.31. The van der Waals surface area contributed by atoms with E-state index in [4.69, 9.17) is 16.3 Å². The van der Waals surface area contributed by atoms with Gasteiger partial charge in [0.25, 0.3) is 0 Å². The molecule has 1 atom stereocenters. The van der Waals surface area contributed by atoms with Gasteiger partial charge in [-0.1, -0.05) is 24.9 Å². The molecule has 18 heavy (non-hydrogen) atoms. The van der Waals surface area contributed by atoms with Crippen LogP contribution in [-0.4, -0.2) is 18.6 Å². The van der Waals surface area contributed by atoms with E-state index in [0.29, 0.717) is 18.1 Å². The molecule has 0 saturated heterocycles. The lowest BCUT2D eigenvalue weighted by molar-refractivity contribution is -0.144. The molecule has 1 N–H and O–H groups in total. The monoisotopic (exact) mass is 273 g/mol. The third-order valence-electron chi connectivity index (χ3n) is 2.41. The van der Waals surface area contributed by atoms with E-state index in [2.05, 4.69) is 5.32 Å². The topological polar surface area (TPSA) is 38.3 Å². The molecule has 0 aliphatic heterocycles. The molecule has 0 saturated carbocycles. The van der Waals surface area contributed by atoms with Crippen molar-refractivity contribution in [1.29, 1.82) is 0 Å². The van der Waals surface area contributed by atoms with Crippen LogP contribution in [0.2, 0.25) is 5.02 Å². The second kappa shape index (κ2) is 7.21. The Bertz CT molecular complexity index is 412. The van der Waals surface area contributed by atoms with Gasteiger partial charge in [0.15, 0.2) is 0 Å². The van der Waals surface area contributed by atoms with E-state index in [-0.39, 0.29) is 11.7 Å². The predicted octanol–water partition coefficient (Wildman–Crippen LogP) is 3.62. The van der Waals surface area contributed by atoms with Gasteiger partial charge < -0.3 is 10.1 Å². The Hall–Kier alpha value is -1.29. The SMILES string of the molecule is CCCC(Nc1cc(Cl)ccc1F)C(=O)OCC. The van der Waals surface area contributed by atoms with Gasteiger partial charge in [0.2, 0.25) is 0 Å². The fourth-order valence-corrected chi connectivity index (χ4v) is 1.75. The average Bonchev–Trinajstić information content (AvgIpc) is 2.33. The van der Waals surface area contributed by atoms with Gasteiger partial charge in [-0.3, -0.25) is 0 Å². The predicted molar refractivity (Wildman–Crippen MR) is 70.4 cm³/mol. The molecule has 1 unspecified atom stereocenters. The lowest BCUT2D eigenvalue weighted by atomic mass is 10.1. The standard InChI is InChI=1S/C13H17ClFNO2/c1-3-5-11(13(17)18-4-2)16-12-8-9(14)6-7-10(12)15/h6-8,11,16H,3-5H2,1-2H3. The van der Waals surface area contributed by atoms with E-state index >= 15 is 0 Å². The molecule has 1 rings (SSSR count). The molecule has 5 heteroatoms. The summed E-state index contributed by atoms with van der Waals surface area (Å²) in [6, 6.07) is 3.63. The number of halogens is 2. The molecule has 0 fully saturated rings. The summed E-state index contributed by atoms with van der Waals surface area (Å²) in [5, 5.41) is 3.25. The maximum Gasteiger partial charge on any atom is 0.328 e. The molecule has 1 aromatic carbocycles. The number of anilines is 1. The van der Waals surface area contributed by atoms with Crippen LogP contribution in [0, 0.1) is 5.82 Å². The Morgan fingerprint density at radius 1 is 1.50 bits per heavy atom. The third kappa shape index (κ3) is 4.18. The molecule has 0 bridgehead atoms. The molecular formula is C13H17ClFNO2. The quantitative estimate of drug-likeness (QED) is 0.805. The van der Waals surface area contributed by atoms with Crippen LogP contribution in [0.3, 0.4) is 0 Å². The number of carbonyl (C=O) groups excluding carboxylic acids is 1. The van der Waals surface area contributed by atoms with Crippen molar-refractivity contribution >= 4 is 23.3 Å². The highest BCUT2D eigenvalue weighted by Gasteiger charge is 2.19. The molecular weight excluding hydrogens is 257 g/mol. The van der Waals surface area contributed by atoms with Crippen molar-refractivity contribution in [3.8, 4) is 0 Å². The van der Waals surface area contributed by atoms with Gasteiger partial charge in [-0.15, -0.1) is 0 Å².